The second-order valence-corrected chi connectivity index (χ2v) is 2.51. The molecule has 1 atom stereocenters. The monoisotopic (exact) mass is 288 g/mol. The average molecular weight is 288 g/mol. The van der Waals surface area contributed by atoms with Gasteiger partial charge >= 0.3 is 0 Å². The Balaban J connectivity index is 0. The summed E-state index contributed by atoms with van der Waals surface area (Å²) in [6.07, 6.45) is 0. The van der Waals surface area contributed by atoms with Crippen LogP contribution in [0.2, 0.25) is 0 Å². The molecule has 0 fully saturated rings. The van der Waals surface area contributed by atoms with Crippen molar-refractivity contribution in [2.75, 3.05) is 5.75 Å². The Hall–Kier alpha value is 0.998. The number of rotatable bonds is 2. The molecule has 0 unspecified atom stereocenters. The maximum Gasteiger partial charge on any atom is 0 e. The molecule has 0 heterocycles. The summed E-state index contributed by atoms with van der Waals surface area (Å²) in [5.74, 6) is 1.06. The predicted molar refractivity (Wildman–Crippen MR) is 31.5 cm³/mol. The van der Waals surface area contributed by atoms with Crippen molar-refractivity contribution < 1.29 is 21.1 Å². The Morgan fingerprint density at radius 3 is 2.29 bits per heavy atom. The molecule has 0 aromatic rings. The Morgan fingerprint density at radius 2 is 2.29 bits per heavy atom. The van der Waals surface area contributed by atoms with Crippen molar-refractivity contribution in [2.24, 2.45) is 5.73 Å². The fraction of sp³-hybridized carbons (Fsp3) is 0.750. The zero-order chi connectivity index (χ0) is 4.99. The van der Waals surface area contributed by atoms with Gasteiger partial charge in [-0.05, 0) is 5.75 Å². The van der Waals surface area contributed by atoms with Crippen molar-refractivity contribution in [3.8, 4) is 0 Å². The first kappa shape index (κ1) is 10.9. The third-order valence-electron chi connectivity index (χ3n) is 0.381. The summed E-state index contributed by atoms with van der Waals surface area (Å²) in [6, 6.07) is 0. The third-order valence-corrected chi connectivity index (χ3v) is 1.14. The summed E-state index contributed by atoms with van der Waals surface area (Å²) < 4.78 is 0. The van der Waals surface area contributed by atoms with E-state index in [0.29, 0.717) is 0 Å². The molecule has 0 aliphatic carbocycles. The maximum atomic E-state index is 5.25. The van der Waals surface area contributed by atoms with Gasteiger partial charge in [0.05, 0.1) is 0 Å². The van der Waals surface area contributed by atoms with Gasteiger partial charge in [-0.25, -0.2) is 0 Å². The van der Waals surface area contributed by atoms with E-state index in [1.807, 2.05) is 0 Å². The molecule has 0 aliphatic rings. The van der Waals surface area contributed by atoms with Crippen LogP contribution in [0.15, 0.2) is 0 Å². The van der Waals surface area contributed by atoms with E-state index in [4.69, 9.17) is 5.73 Å². The van der Waals surface area contributed by atoms with Crippen LogP contribution in [0.1, 0.15) is 6.92 Å². The molecule has 0 rings (SSSR count). The van der Waals surface area contributed by atoms with Gasteiger partial charge in [0.25, 0.3) is 0 Å². The number of thioether (sulfide) groups is 1. The molecule has 0 saturated heterocycles. The summed E-state index contributed by atoms with van der Waals surface area (Å²) in [4.78, 5) is 0. The molecule has 0 aliphatic heterocycles. The SMILES string of the molecule is [CH2-][C@@H](N)SCC.[W]. The van der Waals surface area contributed by atoms with Crippen LogP contribution in [0.25, 0.3) is 0 Å². The molecular weight excluding hydrogens is 278 g/mol. The number of nitrogens with two attached hydrogens (primary N) is 1. The van der Waals surface area contributed by atoms with Crippen LogP contribution in [-0.4, -0.2) is 11.1 Å². The quantitative estimate of drug-likeness (QED) is 0.602. The zero-order valence-electron chi connectivity index (χ0n) is 4.39. The van der Waals surface area contributed by atoms with Gasteiger partial charge in [0.1, 0.15) is 0 Å². The third kappa shape index (κ3) is 10.9. The van der Waals surface area contributed by atoms with E-state index in [1.165, 1.54) is 0 Å². The Bertz CT molecular complexity index is 32.9. The zero-order valence-corrected chi connectivity index (χ0v) is 8.14. The molecular formula is C4H10NSW-. The van der Waals surface area contributed by atoms with Gasteiger partial charge in [-0.15, -0.1) is 0 Å². The van der Waals surface area contributed by atoms with Crippen LogP contribution in [0.5, 0.6) is 0 Å². The molecule has 0 amide bonds. The van der Waals surface area contributed by atoms with E-state index in [0.717, 1.165) is 5.75 Å². The smallest absolute Gasteiger partial charge is 0 e. The summed E-state index contributed by atoms with van der Waals surface area (Å²) >= 11 is 1.65. The molecule has 0 saturated carbocycles. The van der Waals surface area contributed by atoms with Gasteiger partial charge in [0.2, 0.25) is 0 Å². The molecule has 1 nitrogen and oxygen atoms in total. The van der Waals surface area contributed by atoms with Gasteiger partial charge in [-0.1, -0.05) is 12.3 Å². The van der Waals surface area contributed by atoms with Crippen LogP contribution in [0.4, 0.5) is 0 Å². The Kier molecular flexibility index (Phi) is 10.9. The van der Waals surface area contributed by atoms with E-state index in [-0.39, 0.29) is 26.4 Å². The number of hydrogen-bond acceptors (Lipinski definition) is 2. The first-order valence-electron chi connectivity index (χ1n) is 1.97. The van der Waals surface area contributed by atoms with Crippen LogP contribution >= 0.6 is 11.8 Å². The van der Waals surface area contributed by atoms with Gasteiger partial charge in [0, 0.05) is 21.1 Å². The van der Waals surface area contributed by atoms with Gasteiger partial charge in [-0.2, -0.15) is 11.8 Å². The fourth-order valence-corrected chi connectivity index (χ4v) is 0.642. The molecule has 2 N–H and O–H groups in total. The molecule has 44 valence electrons. The molecule has 7 heavy (non-hydrogen) atoms. The van der Waals surface area contributed by atoms with E-state index >= 15 is 0 Å². The van der Waals surface area contributed by atoms with Crippen LogP contribution in [0.3, 0.4) is 0 Å². The minimum Gasteiger partial charge on any atom is -0.348 e. The van der Waals surface area contributed by atoms with Gasteiger partial charge in [-0.3, -0.25) is 0 Å². The van der Waals surface area contributed by atoms with Crippen LogP contribution in [0, 0.1) is 6.92 Å². The summed E-state index contributed by atoms with van der Waals surface area (Å²) in [5, 5.41) is 0.0648. The largest absolute Gasteiger partial charge is 0.348 e. The van der Waals surface area contributed by atoms with Crippen molar-refractivity contribution in [1.82, 2.24) is 0 Å². The topological polar surface area (TPSA) is 26.0 Å². The molecule has 0 aromatic carbocycles. The van der Waals surface area contributed by atoms with Crippen molar-refractivity contribution in [3.05, 3.63) is 6.92 Å². The van der Waals surface area contributed by atoms with E-state index < -0.39 is 0 Å². The average Bonchev–Trinajstić information content (AvgIpc) is 1.35. The maximum absolute atomic E-state index is 5.25. The van der Waals surface area contributed by atoms with Crippen molar-refractivity contribution >= 4 is 11.8 Å². The first-order chi connectivity index (χ1) is 2.77. The predicted octanol–water partition coefficient (Wildman–Crippen LogP) is 0.856. The molecule has 0 aromatic heterocycles. The molecule has 3 heteroatoms. The minimum absolute atomic E-state index is 0. The van der Waals surface area contributed by atoms with Gasteiger partial charge < -0.3 is 12.7 Å². The van der Waals surface area contributed by atoms with Gasteiger partial charge in [0.15, 0.2) is 0 Å². The van der Waals surface area contributed by atoms with Crippen molar-refractivity contribution in [1.29, 1.82) is 0 Å². The molecule has 0 radical (unpaired) electrons. The Morgan fingerprint density at radius 1 is 1.86 bits per heavy atom. The summed E-state index contributed by atoms with van der Waals surface area (Å²) in [6.45, 7) is 5.63. The van der Waals surface area contributed by atoms with E-state index in [9.17, 15) is 0 Å². The standard InChI is InChI=1S/C4H10NS.W/c1-3-6-4(2)5;/h4H,2-3,5H2,1H3;/q-1;/t4-;/m0./s1. The summed E-state index contributed by atoms with van der Waals surface area (Å²) in [7, 11) is 0. The van der Waals surface area contributed by atoms with Crippen LogP contribution in [-0.2, 0) is 21.1 Å². The minimum atomic E-state index is 0. The first-order valence-corrected chi connectivity index (χ1v) is 3.02. The van der Waals surface area contributed by atoms with Crippen molar-refractivity contribution in [2.45, 2.75) is 12.3 Å². The normalized spacial score (nSPS) is 12.4. The van der Waals surface area contributed by atoms with Crippen molar-refractivity contribution in [3.63, 3.8) is 0 Å². The van der Waals surface area contributed by atoms with E-state index in [2.05, 4.69) is 13.8 Å². The number of hydrogen-bond donors (Lipinski definition) is 1. The summed E-state index contributed by atoms with van der Waals surface area (Å²) in [5.41, 5.74) is 5.25. The van der Waals surface area contributed by atoms with Crippen LogP contribution < -0.4 is 5.73 Å². The Labute approximate surface area is 63.7 Å². The second kappa shape index (κ2) is 7.00. The molecule has 0 spiro atoms. The fourth-order valence-electron chi connectivity index (χ4n) is 0.214. The van der Waals surface area contributed by atoms with E-state index in [1.54, 1.807) is 11.8 Å². The molecule has 0 bridgehead atoms. The second-order valence-electron chi connectivity index (χ2n) is 0.994.